The molecule has 0 unspecified atom stereocenters. The Hall–Kier alpha value is -1.86. The van der Waals surface area contributed by atoms with Gasteiger partial charge in [-0.25, -0.2) is 12.8 Å². The summed E-state index contributed by atoms with van der Waals surface area (Å²) in [6.45, 7) is 2.65. The fourth-order valence-corrected chi connectivity index (χ4v) is 3.16. The van der Waals surface area contributed by atoms with Gasteiger partial charge >= 0.3 is 0 Å². The van der Waals surface area contributed by atoms with Crippen molar-refractivity contribution in [2.24, 2.45) is 0 Å². The number of aliphatic hydroxyl groups excluding tert-OH is 1. The minimum atomic E-state index is -3.97. The van der Waals surface area contributed by atoms with Crippen molar-refractivity contribution in [1.29, 1.82) is 0 Å². The van der Waals surface area contributed by atoms with Crippen molar-refractivity contribution < 1.29 is 22.3 Å². The molecular formula is C13H14FNO4S. The number of benzene rings is 1. The second-order valence-corrected chi connectivity index (χ2v) is 5.98. The van der Waals surface area contributed by atoms with E-state index in [9.17, 15) is 12.8 Å². The first kappa shape index (κ1) is 14.5. The number of sulfonamides is 1. The van der Waals surface area contributed by atoms with Gasteiger partial charge in [-0.2, -0.15) is 0 Å². The summed E-state index contributed by atoms with van der Waals surface area (Å²) < 4.78 is 45.4. The maximum Gasteiger partial charge on any atom is 0.265 e. The topological polar surface area (TPSA) is 79.5 Å². The summed E-state index contributed by atoms with van der Waals surface area (Å²) in [4.78, 5) is -0.121. The van der Waals surface area contributed by atoms with Gasteiger partial charge in [0, 0.05) is 6.07 Å². The lowest BCUT2D eigenvalue weighted by atomic mass is 10.2. The van der Waals surface area contributed by atoms with Gasteiger partial charge in [0.05, 0.1) is 5.69 Å². The fourth-order valence-electron chi connectivity index (χ4n) is 1.82. The Balaban J connectivity index is 2.43. The molecule has 0 aliphatic heterocycles. The standard InChI is InChI=1S/C13H14FNO4S/c1-8-4-3-5-11(14)13(8)15-20(17,18)12-6-10(7-16)19-9(12)2/h3-6,15-16H,7H2,1-2H3. The molecule has 0 amide bonds. The summed E-state index contributed by atoms with van der Waals surface area (Å²) in [6.07, 6.45) is 0. The van der Waals surface area contributed by atoms with Gasteiger partial charge in [-0.15, -0.1) is 0 Å². The van der Waals surface area contributed by atoms with Gasteiger partial charge in [-0.1, -0.05) is 12.1 Å². The molecule has 0 aliphatic carbocycles. The molecule has 1 heterocycles. The summed E-state index contributed by atoms with van der Waals surface area (Å²) >= 11 is 0. The highest BCUT2D eigenvalue weighted by molar-refractivity contribution is 7.92. The van der Waals surface area contributed by atoms with Gasteiger partial charge in [-0.05, 0) is 25.5 Å². The lowest BCUT2D eigenvalue weighted by molar-refractivity contribution is 0.245. The molecule has 2 rings (SSSR count). The van der Waals surface area contributed by atoms with Crippen LogP contribution in [0.15, 0.2) is 33.6 Å². The van der Waals surface area contributed by atoms with Crippen LogP contribution < -0.4 is 4.72 Å². The van der Waals surface area contributed by atoms with Crippen LogP contribution >= 0.6 is 0 Å². The largest absolute Gasteiger partial charge is 0.462 e. The molecule has 20 heavy (non-hydrogen) atoms. The second-order valence-electron chi connectivity index (χ2n) is 4.33. The van der Waals surface area contributed by atoms with Crippen LogP contribution in [0, 0.1) is 19.7 Å². The van der Waals surface area contributed by atoms with Crippen LogP contribution in [-0.4, -0.2) is 13.5 Å². The molecule has 7 heteroatoms. The van der Waals surface area contributed by atoms with Crippen LogP contribution in [0.5, 0.6) is 0 Å². The number of hydrogen-bond acceptors (Lipinski definition) is 4. The van der Waals surface area contributed by atoms with E-state index in [1.807, 2.05) is 0 Å². The van der Waals surface area contributed by atoms with Crippen molar-refractivity contribution in [2.45, 2.75) is 25.3 Å². The molecule has 0 saturated carbocycles. The number of aliphatic hydroxyl groups is 1. The lowest BCUT2D eigenvalue weighted by Crippen LogP contribution is -2.15. The van der Waals surface area contributed by atoms with E-state index in [-0.39, 0.29) is 22.1 Å². The SMILES string of the molecule is Cc1cccc(F)c1NS(=O)(=O)c1cc(CO)oc1C. The van der Waals surface area contributed by atoms with Crippen LogP contribution in [0.25, 0.3) is 0 Å². The zero-order chi connectivity index (χ0) is 14.9. The van der Waals surface area contributed by atoms with Crippen LogP contribution in [-0.2, 0) is 16.6 Å². The number of anilines is 1. The highest BCUT2D eigenvalue weighted by atomic mass is 32.2. The molecule has 0 aliphatic rings. The smallest absolute Gasteiger partial charge is 0.265 e. The van der Waals surface area contributed by atoms with E-state index in [4.69, 9.17) is 9.52 Å². The normalized spacial score (nSPS) is 11.6. The number of aryl methyl sites for hydroxylation is 2. The molecule has 0 spiro atoms. The van der Waals surface area contributed by atoms with Crippen molar-refractivity contribution in [3.8, 4) is 0 Å². The average Bonchev–Trinajstić information content (AvgIpc) is 2.76. The van der Waals surface area contributed by atoms with Crippen LogP contribution in [0.1, 0.15) is 17.1 Å². The molecule has 1 aromatic carbocycles. The van der Waals surface area contributed by atoms with Crippen molar-refractivity contribution in [3.05, 3.63) is 47.2 Å². The Morgan fingerprint density at radius 2 is 2.05 bits per heavy atom. The van der Waals surface area contributed by atoms with E-state index in [2.05, 4.69) is 4.72 Å². The van der Waals surface area contributed by atoms with E-state index in [0.29, 0.717) is 5.56 Å². The van der Waals surface area contributed by atoms with E-state index in [1.54, 1.807) is 13.0 Å². The van der Waals surface area contributed by atoms with Gasteiger partial charge in [0.1, 0.15) is 28.8 Å². The second kappa shape index (κ2) is 5.26. The van der Waals surface area contributed by atoms with Crippen molar-refractivity contribution in [2.75, 3.05) is 4.72 Å². The number of para-hydroxylation sites is 1. The molecule has 108 valence electrons. The van der Waals surface area contributed by atoms with Crippen LogP contribution in [0.3, 0.4) is 0 Å². The number of nitrogens with one attached hydrogen (secondary N) is 1. The third-order valence-electron chi connectivity index (χ3n) is 2.83. The molecule has 2 aromatic rings. The molecule has 0 atom stereocenters. The number of rotatable bonds is 4. The number of halogens is 1. The van der Waals surface area contributed by atoms with Gasteiger partial charge in [0.2, 0.25) is 0 Å². The Morgan fingerprint density at radius 3 is 2.60 bits per heavy atom. The summed E-state index contributed by atoms with van der Waals surface area (Å²) in [5.41, 5.74) is 0.371. The minimum Gasteiger partial charge on any atom is -0.462 e. The van der Waals surface area contributed by atoms with E-state index in [0.717, 1.165) is 0 Å². The highest BCUT2D eigenvalue weighted by Gasteiger charge is 2.23. The molecule has 1 aromatic heterocycles. The summed E-state index contributed by atoms with van der Waals surface area (Å²) in [6, 6.07) is 5.48. The average molecular weight is 299 g/mol. The number of furan rings is 1. The van der Waals surface area contributed by atoms with Crippen molar-refractivity contribution >= 4 is 15.7 Å². The monoisotopic (exact) mass is 299 g/mol. The highest BCUT2D eigenvalue weighted by Crippen LogP contribution is 2.26. The van der Waals surface area contributed by atoms with Crippen molar-refractivity contribution in [1.82, 2.24) is 0 Å². The molecule has 0 radical (unpaired) electrons. The van der Waals surface area contributed by atoms with Crippen LogP contribution in [0.4, 0.5) is 10.1 Å². The fraction of sp³-hybridized carbons (Fsp3) is 0.231. The molecule has 5 nitrogen and oxygen atoms in total. The van der Waals surface area contributed by atoms with Gasteiger partial charge in [0.25, 0.3) is 10.0 Å². The van der Waals surface area contributed by atoms with E-state index in [1.165, 1.54) is 25.1 Å². The first-order chi connectivity index (χ1) is 9.35. The quantitative estimate of drug-likeness (QED) is 0.908. The Labute approximate surface area is 116 Å². The van der Waals surface area contributed by atoms with Crippen molar-refractivity contribution in [3.63, 3.8) is 0 Å². The first-order valence-corrected chi connectivity index (χ1v) is 7.31. The predicted molar refractivity (Wildman–Crippen MR) is 71.3 cm³/mol. The number of hydrogen-bond donors (Lipinski definition) is 2. The van der Waals surface area contributed by atoms with E-state index < -0.39 is 22.4 Å². The lowest BCUT2D eigenvalue weighted by Gasteiger charge is -2.10. The minimum absolute atomic E-state index is 0.0985. The third-order valence-corrected chi connectivity index (χ3v) is 4.28. The third kappa shape index (κ3) is 2.68. The predicted octanol–water partition coefficient (Wildman–Crippen LogP) is 2.33. The van der Waals surface area contributed by atoms with Gasteiger partial charge < -0.3 is 9.52 Å². The summed E-state index contributed by atoms with van der Waals surface area (Å²) in [5.74, 6) is -0.388. The molecule has 0 bridgehead atoms. The Kier molecular flexibility index (Phi) is 3.82. The van der Waals surface area contributed by atoms with Gasteiger partial charge in [0.15, 0.2) is 0 Å². The van der Waals surface area contributed by atoms with Gasteiger partial charge in [-0.3, -0.25) is 4.72 Å². The maximum atomic E-state index is 13.7. The first-order valence-electron chi connectivity index (χ1n) is 5.83. The zero-order valence-electron chi connectivity index (χ0n) is 11.0. The summed E-state index contributed by atoms with van der Waals surface area (Å²) in [5, 5.41) is 8.95. The maximum absolute atomic E-state index is 13.7. The van der Waals surface area contributed by atoms with Crippen LogP contribution in [0.2, 0.25) is 0 Å². The summed E-state index contributed by atoms with van der Waals surface area (Å²) in [7, 11) is -3.97. The molecular weight excluding hydrogens is 285 g/mol. The molecule has 0 fully saturated rings. The van der Waals surface area contributed by atoms with E-state index >= 15 is 0 Å². The Bertz CT molecular complexity index is 717. The zero-order valence-corrected chi connectivity index (χ0v) is 11.8. The molecule has 2 N–H and O–H groups in total. The Morgan fingerprint density at radius 1 is 1.35 bits per heavy atom. The molecule has 0 saturated heterocycles.